The minimum atomic E-state index is -2.99. The number of rotatable bonds is 7. The topological polar surface area (TPSA) is 73.6 Å². The van der Waals surface area contributed by atoms with Gasteiger partial charge in [0.2, 0.25) is 0 Å². The molecule has 0 radical (unpaired) electrons. The fourth-order valence-electron chi connectivity index (χ4n) is 2.38. The smallest absolute Gasteiger partial charge is 0.387 e. The number of hydrogen-bond acceptors (Lipinski definition) is 4. The molecule has 1 saturated carbocycles. The van der Waals surface area contributed by atoms with Gasteiger partial charge in [-0.05, 0) is 43.9 Å². The summed E-state index contributed by atoms with van der Waals surface area (Å²) in [4.78, 5) is 12.3. The number of hydrogen-bond donors (Lipinski definition) is 2. The Balaban J connectivity index is 2.18. The molecule has 1 fully saturated rings. The molecule has 1 aliphatic rings. The summed E-state index contributed by atoms with van der Waals surface area (Å²) in [5, 5.41) is 2.89. The van der Waals surface area contributed by atoms with Gasteiger partial charge in [0, 0.05) is 12.1 Å². The third-order valence-corrected chi connectivity index (χ3v) is 3.94. The fraction of sp³-hybridized carbons (Fsp3) is 0.533. The van der Waals surface area contributed by atoms with Crippen molar-refractivity contribution in [1.29, 1.82) is 0 Å². The minimum absolute atomic E-state index is 0.139. The monoisotopic (exact) mass is 314 g/mol. The largest absolute Gasteiger partial charge is 0.493 e. The van der Waals surface area contributed by atoms with E-state index in [0.717, 1.165) is 12.8 Å². The van der Waals surface area contributed by atoms with Crippen LogP contribution in [0.15, 0.2) is 18.2 Å². The fourth-order valence-corrected chi connectivity index (χ4v) is 2.38. The van der Waals surface area contributed by atoms with Gasteiger partial charge < -0.3 is 20.5 Å². The molecule has 1 aromatic carbocycles. The molecule has 1 unspecified atom stereocenters. The van der Waals surface area contributed by atoms with Crippen LogP contribution >= 0.6 is 0 Å². The number of carbonyl (C=O) groups excluding carboxylic acids is 1. The third kappa shape index (κ3) is 3.65. The second-order valence-electron chi connectivity index (χ2n) is 5.59. The molecule has 0 saturated heterocycles. The number of methoxy groups -OCH3 is 1. The SMILES string of the molecule is COc1ccc(C(=O)NC(C)(CN)C2CC2)cc1OC(F)F. The second-order valence-corrected chi connectivity index (χ2v) is 5.59. The Morgan fingerprint density at radius 3 is 2.64 bits per heavy atom. The van der Waals surface area contributed by atoms with Crippen LogP contribution in [0.4, 0.5) is 8.78 Å². The van der Waals surface area contributed by atoms with Crippen LogP contribution in [-0.4, -0.2) is 31.7 Å². The van der Waals surface area contributed by atoms with Gasteiger partial charge in [0.1, 0.15) is 0 Å². The molecule has 2 rings (SSSR count). The number of ether oxygens (including phenoxy) is 2. The zero-order valence-electron chi connectivity index (χ0n) is 12.6. The molecule has 5 nitrogen and oxygen atoms in total. The van der Waals surface area contributed by atoms with E-state index in [1.54, 1.807) is 0 Å². The highest BCUT2D eigenvalue weighted by molar-refractivity contribution is 5.95. The van der Waals surface area contributed by atoms with Crippen LogP contribution in [0.5, 0.6) is 11.5 Å². The molecule has 0 heterocycles. The molecule has 122 valence electrons. The minimum Gasteiger partial charge on any atom is -0.493 e. The summed E-state index contributed by atoms with van der Waals surface area (Å²) < 4.78 is 34.2. The summed E-state index contributed by atoms with van der Waals surface area (Å²) >= 11 is 0. The van der Waals surface area contributed by atoms with E-state index < -0.39 is 12.2 Å². The lowest BCUT2D eigenvalue weighted by molar-refractivity contribution is -0.0512. The van der Waals surface area contributed by atoms with Crippen molar-refractivity contribution in [1.82, 2.24) is 5.32 Å². The maximum Gasteiger partial charge on any atom is 0.387 e. The Morgan fingerprint density at radius 1 is 1.45 bits per heavy atom. The molecule has 0 spiro atoms. The van der Waals surface area contributed by atoms with Crippen molar-refractivity contribution in [2.75, 3.05) is 13.7 Å². The van der Waals surface area contributed by atoms with Crippen molar-refractivity contribution in [2.45, 2.75) is 31.9 Å². The van der Waals surface area contributed by atoms with Crippen molar-refractivity contribution in [3.8, 4) is 11.5 Å². The van der Waals surface area contributed by atoms with Gasteiger partial charge in [0.25, 0.3) is 5.91 Å². The number of amides is 1. The van der Waals surface area contributed by atoms with E-state index in [-0.39, 0.29) is 23.0 Å². The van der Waals surface area contributed by atoms with Crippen molar-refractivity contribution >= 4 is 5.91 Å². The van der Waals surface area contributed by atoms with Crippen LogP contribution in [0.25, 0.3) is 0 Å². The van der Waals surface area contributed by atoms with E-state index in [9.17, 15) is 13.6 Å². The predicted octanol–water partition coefficient (Wildman–Crippen LogP) is 2.15. The first kappa shape index (κ1) is 16.5. The summed E-state index contributed by atoms with van der Waals surface area (Å²) in [5.74, 6) is -0.0512. The first-order chi connectivity index (χ1) is 10.4. The van der Waals surface area contributed by atoms with Gasteiger partial charge in [-0.15, -0.1) is 0 Å². The van der Waals surface area contributed by atoms with Gasteiger partial charge in [0.15, 0.2) is 11.5 Å². The Kier molecular flexibility index (Phi) is 4.85. The quantitative estimate of drug-likeness (QED) is 0.809. The molecular weight excluding hydrogens is 294 g/mol. The predicted molar refractivity (Wildman–Crippen MR) is 77.3 cm³/mol. The molecule has 1 atom stereocenters. The van der Waals surface area contributed by atoms with Crippen LogP contribution in [0, 0.1) is 5.92 Å². The average Bonchev–Trinajstić information content (AvgIpc) is 3.31. The zero-order chi connectivity index (χ0) is 16.3. The number of carbonyl (C=O) groups is 1. The van der Waals surface area contributed by atoms with E-state index in [0.29, 0.717) is 12.5 Å². The number of nitrogens with two attached hydrogens (primary N) is 1. The molecule has 1 amide bonds. The Labute approximate surface area is 127 Å². The molecule has 22 heavy (non-hydrogen) atoms. The van der Waals surface area contributed by atoms with Crippen molar-refractivity contribution in [2.24, 2.45) is 11.7 Å². The first-order valence-corrected chi connectivity index (χ1v) is 7.05. The maximum atomic E-state index is 12.4. The van der Waals surface area contributed by atoms with E-state index >= 15 is 0 Å². The second kappa shape index (κ2) is 6.48. The highest BCUT2D eigenvalue weighted by Gasteiger charge is 2.41. The molecule has 1 aromatic rings. The van der Waals surface area contributed by atoms with Crippen molar-refractivity contribution in [3.63, 3.8) is 0 Å². The lowest BCUT2D eigenvalue weighted by atomic mass is 9.95. The van der Waals surface area contributed by atoms with Crippen LogP contribution in [0.2, 0.25) is 0 Å². The summed E-state index contributed by atoms with van der Waals surface area (Å²) in [6.07, 6.45) is 2.05. The summed E-state index contributed by atoms with van der Waals surface area (Å²) in [6.45, 7) is -0.782. The normalized spacial score (nSPS) is 17.0. The van der Waals surface area contributed by atoms with Gasteiger partial charge in [-0.2, -0.15) is 8.78 Å². The number of nitrogens with one attached hydrogen (secondary N) is 1. The molecule has 3 N–H and O–H groups in total. The van der Waals surface area contributed by atoms with Gasteiger partial charge >= 0.3 is 6.61 Å². The van der Waals surface area contributed by atoms with Crippen LogP contribution in [-0.2, 0) is 0 Å². The van der Waals surface area contributed by atoms with E-state index in [1.807, 2.05) is 6.92 Å². The molecular formula is C15H20F2N2O3. The maximum absolute atomic E-state index is 12.4. The third-order valence-electron chi connectivity index (χ3n) is 3.94. The lowest BCUT2D eigenvalue weighted by Crippen LogP contribution is -2.53. The Bertz CT molecular complexity index is 550. The van der Waals surface area contributed by atoms with Gasteiger partial charge in [-0.3, -0.25) is 4.79 Å². The van der Waals surface area contributed by atoms with Gasteiger partial charge in [0.05, 0.1) is 12.6 Å². The molecule has 7 heteroatoms. The standard InChI is InChI=1S/C15H20F2N2O3/c1-15(8-18,10-4-5-10)19-13(20)9-3-6-11(21-2)12(7-9)22-14(16)17/h3,6-7,10,14H,4-5,8,18H2,1-2H3,(H,19,20). The van der Waals surface area contributed by atoms with Crippen LogP contribution in [0.3, 0.4) is 0 Å². The summed E-state index contributed by atoms with van der Waals surface area (Å²) in [7, 11) is 1.34. The first-order valence-electron chi connectivity index (χ1n) is 7.05. The van der Waals surface area contributed by atoms with E-state index in [1.165, 1.54) is 25.3 Å². The lowest BCUT2D eigenvalue weighted by Gasteiger charge is -2.29. The number of benzene rings is 1. The van der Waals surface area contributed by atoms with Gasteiger partial charge in [-0.25, -0.2) is 0 Å². The van der Waals surface area contributed by atoms with Crippen LogP contribution < -0.4 is 20.5 Å². The van der Waals surface area contributed by atoms with Crippen LogP contribution in [0.1, 0.15) is 30.1 Å². The molecule has 1 aliphatic carbocycles. The van der Waals surface area contributed by atoms with E-state index in [2.05, 4.69) is 10.1 Å². The summed E-state index contributed by atoms with van der Waals surface area (Å²) in [6, 6.07) is 4.16. The molecule has 0 aromatic heterocycles. The Hall–Kier alpha value is -1.89. The van der Waals surface area contributed by atoms with E-state index in [4.69, 9.17) is 10.5 Å². The summed E-state index contributed by atoms with van der Waals surface area (Å²) in [5.41, 5.74) is 5.49. The number of halogens is 2. The Morgan fingerprint density at radius 2 is 2.14 bits per heavy atom. The number of alkyl halides is 2. The zero-order valence-corrected chi connectivity index (χ0v) is 12.6. The molecule has 0 bridgehead atoms. The van der Waals surface area contributed by atoms with Crippen molar-refractivity contribution < 1.29 is 23.0 Å². The van der Waals surface area contributed by atoms with Crippen molar-refractivity contribution in [3.05, 3.63) is 23.8 Å². The highest BCUT2D eigenvalue weighted by Crippen LogP contribution is 2.39. The highest BCUT2D eigenvalue weighted by atomic mass is 19.3. The molecule has 0 aliphatic heterocycles. The average molecular weight is 314 g/mol. The van der Waals surface area contributed by atoms with Gasteiger partial charge in [-0.1, -0.05) is 0 Å².